The number of methoxy groups -OCH3 is 2. The first kappa shape index (κ1) is 21.5. The van der Waals surface area contributed by atoms with Crippen molar-refractivity contribution in [2.45, 2.75) is 4.90 Å². The maximum Gasteiger partial charge on any atom is 0.350 e. The zero-order valence-electron chi connectivity index (χ0n) is 16.2. The molecular weight excluding hydrogens is 426 g/mol. The Bertz CT molecular complexity index is 1150. The Kier molecular flexibility index (Phi) is 6.53. The van der Waals surface area contributed by atoms with Gasteiger partial charge in [-0.1, -0.05) is 30.3 Å². The third-order valence-electron chi connectivity index (χ3n) is 4.17. The van der Waals surface area contributed by atoms with Crippen molar-refractivity contribution < 1.29 is 27.5 Å². The molecular formula is C21H19NO6S2. The van der Waals surface area contributed by atoms with Crippen LogP contribution in [0, 0.1) is 0 Å². The Balaban J connectivity index is 1.83. The van der Waals surface area contributed by atoms with Gasteiger partial charge in [-0.05, 0) is 35.9 Å². The molecule has 156 valence electrons. The van der Waals surface area contributed by atoms with Crippen molar-refractivity contribution in [3.05, 3.63) is 65.5 Å². The van der Waals surface area contributed by atoms with Crippen molar-refractivity contribution in [2.75, 3.05) is 25.3 Å². The second-order valence-corrected chi connectivity index (χ2v) is 9.24. The van der Waals surface area contributed by atoms with Crippen LogP contribution in [-0.2, 0) is 19.4 Å². The Labute approximate surface area is 178 Å². The van der Waals surface area contributed by atoms with Gasteiger partial charge in [-0.2, -0.15) is 0 Å². The standard InChI is InChI=1S/C21H19NO6S2/c1-27-15-8-10-16(11-9-15)30(25,26)13-19(23)22-17-12-18(14-6-4-3-5-7-14)29-20(17)21(24)28-2/h3-12H,13H2,1-2H3,(H,22,23). The van der Waals surface area contributed by atoms with Crippen LogP contribution in [0.3, 0.4) is 0 Å². The molecule has 0 aliphatic heterocycles. The lowest BCUT2D eigenvalue weighted by Crippen LogP contribution is -2.23. The van der Waals surface area contributed by atoms with Gasteiger partial charge in [-0.25, -0.2) is 13.2 Å². The lowest BCUT2D eigenvalue weighted by Gasteiger charge is -2.07. The summed E-state index contributed by atoms with van der Waals surface area (Å²) in [6, 6.07) is 16.7. The molecule has 7 nitrogen and oxygen atoms in total. The van der Waals surface area contributed by atoms with Crippen LogP contribution >= 0.6 is 11.3 Å². The van der Waals surface area contributed by atoms with E-state index in [1.54, 1.807) is 6.07 Å². The van der Waals surface area contributed by atoms with E-state index in [1.807, 2.05) is 30.3 Å². The molecule has 9 heteroatoms. The van der Waals surface area contributed by atoms with Gasteiger partial charge >= 0.3 is 5.97 Å². The summed E-state index contributed by atoms with van der Waals surface area (Å²) in [6.07, 6.45) is 0. The van der Waals surface area contributed by atoms with Crippen LogP contribution in [0.4, 0.5) is 5.69 Å². The van der Waals surface area contributed by atoms with E-state index in [2.05, 4.69) is 5.32 Å². The summed E-state index contributed by atoms with van der Waals surface area (Å²) < 4.78 is 34.9. The van der Waals surface area contributed by atoms with Gasteiger partial charge in [0.1, 0.15) is 16.4 Å². The fraction of sp³-hybridized carbons (Fsp3) is 0.143. The van der Waals surface area contributed by atoms with E-state index in [0.717, 1.165) is 21.8 Å². The molecule has 1 heterocycles. The van der Waals surface area contributed by atoms with Crippen molar-refractivity contribution in [3.8, 4) is 16.2 Å². The minimum atomic E-state index is -3.87. The highest BCUT2D eigenvalue weighted by Gasteiger charge is 2.23. The average Bonchev–Trinajstić information content (AvgIpc) is 3.17. The van der Waals surface area contributed by atoms with E-state index in [0.29, 0.717) is 5.75 Å². The summed E-state index contributed by atoms with van der Waals surface area (Å²) in [6.45, 7) is 0. The molecule has 1 aromatic heterocycles. The number of benzene rings is 2. The molecule has 0 saturated heterocycles. The smallest absolute Gasteiger partial charge is 0.350 e. The molecule has 0 aliphatic rings. The Morgan fingerprint density at radius 2 is 1.67 bits per heavy atom. The second kappa shape index (κ2) is 9.10. The number of carbonyl (C=O) groups excluding carboxylic acids is 2. The second-order valence-electron chi connectivity index (χ2n) is 6.19. The number of esters is 1. The highest BCUT2D eigenvalue weighted by atomic mass is 32.2. The van der Waals surface area contributed by atoms with Crippen LogP contribution in [-0.4, -0.2) is 40.3 Å². The van der Waals surface area contributed by atoms with Gasteiger partial charge in [-0.3, -0.25) is 4.79 Å². The first-order valence-corrected chi connectivity index (χ1v) is 11.2. The maximum atomic E-state index is 12.5. The zero-order chi connectivity index (χ0) is 21.7. The molecule has 2 aromatic carbocycles. The molecule has 1 N–H and O–H groups in total. The van der Waals surface area contributed by atoms with Gasteiger partial charge in [0.15, 0.2) is 9.84 Å². The van der Waals surface area contributed by atoms with Crippen LogP contribution in [0.2, 0.25) is 0 Å². The number of ether oxygens (including phenoxy) is 2. The third kappa shape index (κ3) is 4.87. The fourth-order valence-corrected chi connectivity index (χ4v) is 4.87. The van der Waals surface area contributed by atoms with E-state index in [-0.39, 0.29) is 15.5 Å². The number of thiophene rings is 1. The molecule has 1 amide bonds. The van der Waals surface area contributed by atoms with Gasteiger partial charge in [0, 0.05) is 4.88 Å². The Morgan fingerprint density at radius 3 is 2.27 bits per heavy atom. The quantitative estimate of drug-likeness (QED) is 0.558. The van der Waals surface area contributed by atoms with Crippen LogP contribution in [0.5, 0.6) is 5.75 Å². The molecule has 0 fully saturated rings. The molecule has 30 heavy (non-hydrogen) atoms. The largest absolute Gasteiger partial charge is 0.497 e. The number of rotatable bonds is 7. The predicted octanol–water partition coefficient (Wildman–Crippen LogP) is 3.62. The molecule has 0 bridgehead atoms. The van der Waals surface area contributed by atoms with Crippen molar-refractivity contribution in [2.24, 2.45) is 0 Å². The van der Waals surface area contributed by atoms with Crippen molar-refractivity contribution in [3.63, 3.8) is 0 Å². The number of nitrogens with one attached hydrogen (secondary N) is 1. The summed E-state index contributed by atoms with van der Waals surface area (Å²) in [7, 11) is -1.16. The van der Waals surface area contributed by atoms with Crippen LogP contribution in [0.1, 0.15) is 9.67 Å². The zero-order valence-corrected chi connectivity index (χ0v) is 17.9. The number of hydrogen-bond donors (Lipinski definition) is 1. The SMILES string of the molecule is COC(=O)c1sc(-c2ccccc2)cc1NC(=O)CS(=O)(=O)c1ccc(OC)cc1. The molecule has 3 rings (SSSR count). The van der Waals surface area contributed by atoms with Crippen molar-refractivity contribution in [1.29, 1.82) is 0 Å². The molecule has 0 saturated carbocycles. The number of carbonyl (C=O) groups is 2. The third-order valence-corrected chi connectivity index (χ3v) is 6.97. The first-order valence-electron chi connectivity index (χ1n) is 8.78. The topological polar surface area (TPSA) is 98.8 Å². The molecule has 0 spiro atoms. The van der Waals surface area contributed by atoms with E-state index in [1.165, 1.54) is 38.5 Å². The summed E-state index contributed by atoms with van der Waals surface area (Å²) >= 11 is 1.15. The predicted molar refractivity (Wildman–Crippen MR) is 115 cm³/mol. The van der Waals surface area contributed by atoms with Gasteiger partial charge in [-0.15, -0.1) is 11.3 Å². The van der Waals surface area contributed by atoms with Gasteiger partial charge in [0.25, 0.3) is 0 Å². The van der Waals surface area contributed by atoms with Crippen LogP contribution < -0.4 is 10.1 Å². The first-order chi connectivity index (χ1) is 14.3. The van der Waals surface area contributed by atoms with E-state index >= 15 is 0 Å². The van der Waals surface area contributed by atoms with E-state index in [4.69, 9.17) is 9.47 Å². The number of hydrogen-bond acceptors (Lipinski definition) is 7. The Morgan fingerprint density at radius 1 is 1.00 bits per heavy atom. The summed E-state index contributed by atoms with van der Waals surface area (Å²) in [4.78, 5) is 25.5. The van der Waals surface area contributed by atoms with E-state index < -0.39 is 27.5 Å². The van der Waals surface area contributed by atoms with E-state index in [9.17, 15) is 18.0 Å². The highest BCUT2D eigenvalue weighted by molar-refractivity contribution is 7.92. The van der Waals surface area contributed by atoms with Crippen LogP contribution in [0.25, 0.3) is 10.4 Å². The normalized spacial score (nSPS) is 11.0. The molecule has 0 aliphatic carbocycles. The lowest BCUT2D eigenvalue weighted by molar-refractivity contribution is -0.113. The summed E-state index contributed by atoms with van der Waals surface area (Å²) in [5, 5.41) is 2.53. The molecule has 0 unspecified atom stereocenters. The van der Waals surface area contributed by atoms with Crippen LogP contribution in [0.15, 0.2) is 65.6 Å². The molecule has 0 radical (unpaired) electrons. The minimum absolute atomic E-state index is 0.00179. The Hall–Kier alpha value is -3.17. The van der Waals surface area contributed by atoms with Gasteiger partial charge in [0.05, 0.1) is 24.8 Å². The maximum absolute atomic E-state index is 12.5. The number of sulfone groups is 1. The average molecular weight is 446 g/mol. The van der Waals surface area contributed by atoms with Crippen molar-refractivity contribution >= 4 is 38.7 Å². The monoisotopic (exact) mass is 445 g/mol. The number of amides is 1. The van der Waals surface area contributed by atoms with Gasteiger partial charge < -0.3 is 14.8 Å². The summed E-state index contributed by atoms with van der Waals surface area (Å²) in [5.74, 6) is -1.63. The fourth-order valence-electron chi connectivity index (χ4n) is 2.70. The molecule has 0 atom stereocenters. The molecule has 3 aromatic rings. The summed E-state index contributed by atoms with van der Waals surface area (Å²) in [5.41, 5.74) is 1.07. The van der Waals surface area contributed by atoms with Crippen molar-refractivity contribution in [1.82, 2.24) is 0 Å². The van der Waals surface area contributed by atoms with Gasteiger partial charge in [0.2, 0.25) is 5.91 Å². The highest BCUT2D eigenvalue weighted by Crippen LogP contribution is 2.35. The number of anilines is 1. The minimum Gasteiger partial charge on any atom is -0.497 e. The lowest BCUT2D eigenvalue weighted by atomic mass is 10.2.